The molecule has 32 heavy (non-hydrogen) atoms. The zero-order valence-electron chi connectivity index (χ0n) is 17.6. The maximum atomic E-state index is 12.4. The van der Waals surface area contributed by atoms with Gasteiger partial charge >= 0.3 is 5.97 Å². The third-order valence-electron chi connectivity index (χ3n) is 5.57. The summed E-state index contributed by atoms with van der Waals surface area (Å²) in [5.41, 5.74) is 4.41. The van der Waals surface area contributed by atoms with Crippen molar-refractivity contribution >= 4 is 34.5 Å². The Morgan fingerprint density at radius 3 is 2.50 bits per heavy atom. The van der Waals surface area contributed by atoms with Crippen molar-refractivity contribution < 1.29 is 18.3 Å². The normalized spacial score (nSPS) is 16.3. The summed E-state index contributed by atoms with van der Waals surface area (Å²) in [4.78, 5) is 11.9. The second-order valence-electron chi connectivity index (χ2n) is 7.53. The number of carbonyl (C=O) groups excluding carboxylic acids is 1. The van der Waals surface area contributed by atoms with Crippen LogP contribution in [0.4, 0.5) is 5.69 Å². The summed E-state index contributed by atoms with van der Waals surface area (Å²) in [7, 11) is 0. The van der Waals surface area contributed by atoms with E-state index in [1.807, 2.05) is 48.5 Å². The number of carbonyl (C=O) groups is 1. The molecule has 0 saturated carbocycles. The average molecular weight is 474 g/mol. The van der Waals surface area contributed by atoms with Crippen molar-refractivity contribution in [2.45, 2.75) is 38.8 Å². The van der Waals surface area contributed by atoms with Gasteiger partial charge in [-0.2, -0.15) is 5.10 Å². The van der Waals surface area contributed by atoms with E-state index in [0.29, 0.717) is 23.7 Å². The Bertz CT molecular complexity index is 1120. The number of benzene rings is 2. The number of ether oxygens (including phenoxy) is 1. The van der Waals surface area contributed by atoms with Crippen molar-refractivity contribution in [1.29, 1.82) is 0 Å². The van der Waals surface area contributed by atoms with E-state index in [4.69, 9.17) is 16.3 Å². The smallest absolute Gasteiger partial charge is 0.327 e. The number of rotatable bonds is 7. The van der Waals surface area contributed by atoms with Crippen molar-refractivity contribution in [3.8, 4) is 11.1 Å². The molecular weight excluding hydrogens is 450 g/mol. The lowest BCUT2D eigenvalue weighted by Gasteiger charge is -2.33. The van der Waals surface area contributed by atoms with Crippen LogP contribution in [0.25, 0.3) is 11.1 Å². The van der Waals surface area contributed by atoms with E-state index < -0.39 is 11.3 Å². The highest BCUT2D eigenvalue weighted by Crippen LogP contribution is 2.38. The maximum Gasteiger partial charge on any atom is 0.327 e. The molecule has 0 amide bonds. The van der Waals surface area contributed by atoms with Gasteiger partial charge < -0.3 is 4.74 Å². The summed E-state index contributed by atoms with van der Waals surface area (Å²) in [5.74, 6) is -0.346. The van der Waals surface area contributed by atoms with Crippen LogP contribution < -0.4 is 4.31 Å². The van der Waals surface area contributed by atoms with Crippen LogP contribution in [-0.4, -0.2) is 31.1 Å². The molecule has 1 heterocycles. The topological polar surface area (TPSA) is 84.7 Å². The van der Waals surface area contributed by atoms with Crippen LogP contribution in [0.2, 0.25) is 5.02 Å². The van der Waals surface area contributed by atoms with Gasteiger partial charge in [0.15, 0.2) is 0 Å². The standard InChI is InChI=1S/C23H24ClN3O4S/c1-2-31-23(28)15-26-21-4-3-5-22(20(21)14-25-26)27(32(29)30)19-12-8-17(9-13-19)16-6-10-18(24)11-7-16/h6-14,22H,2-5,15H2,1H3,(H,29,30). The molecule has 0 bridgehead atoms. The monoisotopic (exact) mass is 473 g/mol. The molecular formula is C23H24ClN3O4S. The summed E-state index contributed by atoms with van der Waals surface area (Å²) in [5, 5.41) is 5.03. The van der Waals surface area contributed by atoms with Crippen LogP contribution in [0.1, 0.15) is 37.1 Å². The van der Waals surface area contributed by atoms with Crippen LogP contribution >= 0.6 is 11.6 Å². The predicted molar refractivity (Wildman–Crippen MR) is 125 cm³/mol. The highest BCUT2D eigenvalue weighted by atomic mass is 35.5. The number of hydrogen-bond acceptors (Lipinski definition) is 4. The lowest BCUT2D eigenvalue weighted by atomic mass is 9.92. The molecule has 0 spiro atoms. The Labute approximate surface area is 194 Å². The molecule has 1 aliphatic rings. The molecule has 1 N–H and O–H groups in total. The van der Waals surface area contributed by atoms with Crippen molar-refractivity contribution in [2.75, 3.05) is 10.9 Å². The SMILES string of the molecule is CCOC(=O)Cn1ncc2c1CCCC2N(c1ccc(-c2ccc(Cl)cc2)cc1)S(=O)O. The Morgan fingerprint density at radius 1 is 1.22 bits per heavy atom. The molecule has 0 aliphatic heterocycles. The van der Waals surface area contributed by atoms with E-state index in [1.54, 1.807) is 17.8 Å². The van der Waals surface area contributed by atoms with E-state index in [2.05, 4.69) is 5.10 Å². The Kier molecular flexibility index (Phi) is 6.93. The molecule has 3 aromatic rings. The van der Waals surface area contributed by atoms with E-state index in [0.717, 1.165) is 35.2 Å². The van der Waals surface area contributed by atoms with Crippen LogP contribution in [0.5, 0.6) is 0 Å². The molecule has 1 aliphatic carbocycles. The number of halogens is 1. The highest BCUT2D eigenvalue weighted by molar-refractivity contribution is 7.80. The van der Waals surface area contributed by atoms with Gasteiger partial charge in [-0.25, -0.2) is 4.21 Å². The molecule has 4 rings (SSSR count). The first kappa shape index (κ1) is 22.5. The van der Waals surface area contributed by atoms with Gasteiger partial charge in [-0.1, -0.05) is 35.9 Å². The van der Waals surface area contributed by atoms with Gasteiger partial charge in [0.25, 0.3) is 11.3 Å². The lowest BCUT2D eigenvalue weighted by molar-refractivity contribution is -0.144. The quantitative estimate of drug-likeness (QED) is 0.394. The number of nitrogens with zero attached hydrogens (tertiary/aromatic N) is 3. The Hall–Kier alpha value is -2.68. The molecule has 2 atom stereocenters. The molecule has 2 unspecified atom stereocenters. The molecule has 0 fully saturated rings. The van der Waals surface area contributed by atoms with E-state index >= 15 is 0 Å². The summed E-state index contributed by atoms with van der Waals surface area (Å²) >= 11 is 3.74. The van der Waals surface area contributed by atoms with Crippen LogP contribution in [-0.2, 0) is 33.8 Å². The first-order valence-electron chi connectivity index (χ1n) is 10.4. The Morgan fingerprint density at radius 2 is 1.88 bits per heavy atom. The third kappa shape index (κ3) is 4.72. The Balaban J connectivity index is 1.62. The minimum Gasteiger partial charge on any atom is -0.465 e. The van der Waals surface area contributed by atoms with E-state index in [1.165, 1.54) is 4.31 Å². The number of aromatic nitrogens is 2. The minimum atomic E-state index is -2.23. The van der Waals surface area contributed by atoms with Gasteiger partial charge in [0.1, 0.15) is 6.54 Å². The van der Waals surface area contributed by atoms with Crippen LogP contribution in [0.3, 0.4) is 0 Å². The van der Waals surface area contributed by atoms with Gasteiger partial charge in [-0.15, -0.1) is 0 Å². The van der Waals surface area contributed by atoms with Crippen molar-refractivity contribution in [3.63, 3.8) is 0 Å². The summed E-state index contributed by atoms with van der Waals surface area (Å²) in [6, 6.07) is 14.7. The van der Waals surface area contributed by atoms with Crippen molar-refractivity contribution in [3.05, 3.63) is 71.0 Å². The molecule has 0 saturated heterocycles. The lowest BCUT2D eigenvalue weighted by Crippen LogP contribution is -2.33. The van der Waals surface area contributed by atoms with E-state index in [-0.39, 0.29) is 18.6 Å². The van der Waals surface area contributed by atoms with Gasteiger partial charge in [-0.3, -0.25) is 18.3 Å². The molecule has 1 aromatic heterocycles. The summed E-state index contributed by atoms with van der Waals surface area (Å²) < 4.78 is 30.7. The van der Waals surface area contributed by atoms with Crippen molar-refractivity contribution in [1.82, 2.24) is 9.78 Å². The van der Waals surface area contributed by atoms with E-state index in [9.17, 15) is 13.6 Å². The van der Waals surface area contributed by atoms with Gasteiger partial charge in [0.05, 0.1) is 24.5 Å². The first-order chi connectivity index (χ1) is 15.5. The van der Waals surface area contributed by atoms with Gasteiger partial charge in [0.2, 0.25) is 0 Å². The molecule has 7 nitrogen and oxygen atoms in total. The van der Waals surface area contributed by atoms with Gasteiger partial charge in [0, 0.05) is 16.3 Å². The first-order valence-corrected chi connectivity index (χ1v) is 11.9. The maximum absolute atomic E-state index is 12.4. The number of fused-ring (bicyclic) bond motifs is 1. The van der Waals surface area contributed by atoms with Gasteiger partial charge in [-0.05, 0) is 61.6 Å². The fourth-order valence-corrected chi connectivity index (χ4v) is 4.99. The second kappa shape index (κ2) is 9.85. The average Bonchev–Trinajstić information content (AvgIpc) is 3.18. The molecule has 9 heteroatoms. The summed E-state index contributed by atoms with van der Waals surface area (Å²) in [6.07, 6.45) is 3.99. The highest BCUT2D eigenvalue weighted by Gasteiger charge is 2.32. The second-order valence-corrected chi connectivity index (χ2v) is 8.82. The fraction of sp³-hybridized carbons (Fsp3) is 0.304. The molecule has 2 aromatic carbocycles. The molecule has 0 radical (unpaired) electrons. The largest absolute Gasteiger partial charge is 0.465 e. The molecule has 168 valence electrons. The number of anilines is 1. The zero-order chi connectivity index (χ0) is 22.7. The fourth-order valence-electron chi connectivity index (χ4n) is 4.13. The summed E-state index contributed by atoms with van der Waals surface area (Å²) in [6.45, 7) is 2.11. The van der Waals surface area contributed by atoms with Crippen LogP contribution in [0, 0.1) is 0 Å². The predicted octanol–water partition coefficient (Wildman–Crippen LogP) is 4.79. The number of esters is 1. The number of hydrogen-bond donors (Lipinski definition) is 1. The zero-order valence-corrected chi connectivity index (χ0v) is 19.2. The minimum absolute atomic E-state index is 0.0356. The van der Waals surface area contributed by atoms with Crippen LogP contribution in [0.15, 0.2) is 54.7 Å². The third-order valence-corrected chi connectivity index (χ3v) is 6.62. The van der Waals surface area contributed by atoms with Crippen molar-refractivity contribution in [2.24, 2.45) is 0 Å².